The minimum Gasteiger partial charge on any atom is -0.490 e. The van der Waals surface area contributed by atoms with Gasteiger partial charge in [-0.3, -0.25) is 14.5 Å². The van der Waals surface area contributed by atoms with Gasteiger partial charge in [0.25, 0.3) is 11.1 Å². The number of benzene rings is 1. The third kappa shape index (κ3) is 3.86. The Labute approximate surface area is 146 Å². The van der Waals surface area contributed by atoms with Gasteiger partial charge in [-0.2, -0.15) is 5.26 Å². The first kappa shape index (κ1) is 17.4. The lowest BCUT2D eigenvalue weighted by molar-refractivity contribution is -0.121. The molecule has 2 amide bonds. The summed E-state index contributed by atoms with van der Waals surface area (Å²) in [6.45, 7) is 2.15. The number of carbonyl (C=O) groups is 2. The van der Waals surface area contributed by atoms with Crippen molar-refractivity contribution in [3.63, 3.8) is 0 Å². The van der Waals surface area contributed by atoms with E-state index in [-0.39, 0.29) is 17.8 Å². The molecule has 1 heterocycles. The van der Waals surface area contributed by atoms with Gasteiger partial charge in [0.1, 0.15) is 6.07 Å². The fourth-order valence-corrected chi connectivity index (χ4v) is 3.28. The van der Waals surface area contributed by atoms with Crippen molar-refractivity contribution >= 4 is 44.9 Å². The first-order valence-electron chi connectivity index (χ1n) is 6.65. The van der Waals surface area contributed by atoms with E-state index in [9.17, 15) is 9.59 Å². The number of hydrogen-bond acceptors (Lipinski definition) is 6. The average molecular weight is 397 g/mol. The molecule has 23 heavy (non-hydrogen) atoms. The highest BCUT2D eigenvalue weighted by molar-refractivity contribution is 9.10. The fourth-order valence-electron chi connectivity index (χ4n) is 1.88. The summed E-state index contributed by atoms with van der Waals surface area (Å²) < 4.78 is 11.5. The van der Waals surface area contributed by atoms with Gasteiger partial charge < -0.3 is 9.47 Å². The third-order valence-electron chi connectivity index (χ3n) is 2.90. The Kier molecular flexibility index (Phi) is 5.69. The molecule has 1 fully saturated rings. The van der Waals surface area contributed by atoms with E-state index in [0.29, 0.717) is 33.0 Å². The zero-order chi connectivity index (χ0) is 17.0. The van der Waals surface area contributed by atoms with Crippen LogP contribution in [0, 0.1) is 11.3 Å². The number of nitrogens with zero attached hydrogens (tertiary/aromatic N) is 2. The van der Waals surface area contributed by atoms with Crippen LogP contribution in [-0.2, 0) is 4.79 Å². The molecule has 0 radical (unpaired) electrons. The van der Waals surface area contributed by atoms with E-state index in [0.717, 1.165) is 16.7 Å². The van der Waals surface area contributed by atoms with Crippen molar-refractivity contribution in [1.82, 2.24) is 4.90 Å². The van der Waals surface area contributed by atoms with Crippen LogP contribution < -0.4 is 9.47 Å². The maximum atomic E-state index is 11.9. The van der Waals surface area contributed by atoms with Crippen molar-refractivity contribution in [2.75, 3.05) is 20.3 Å². The van der Waals surface area contributed by atoms with E-state index in [1.165, 1.54) is 7.05 Å². The van der Waals surface area contributed by atoms with E-state index in [1.807, 2.05) is 13.0 Å². The number of nitriles is 1. The Balaban J connectivity index is 2.39. The highest BCUT2D eigenvalue weighted by Crippen LogP contribution is 2.39. The largest absolute Gasteiger partial charge is 0.490 e. The summed E-state index contributed by atoms with van der Waals surface area (Å²) in [5.41, 5.74) is 0.684. The Bertz CT molecular complexity index is 727. The summed E-state index contributed by atoms with van der Waals surface area (Å²) >= 11 is 4.26. The predicted octanol–water partition coefficient (Wildman–Crippen LogP) is 3.42. The second kappa shape index (κ2) is 7.53. The minimum absolute atomic E-state index is 0.104. The highest BCUT2D eigenvalue weighted by Gasteiger charge is 2.31. The third-order valence-corrected chi connectivity index (χ3v) is 4.45. The van der Waals surface area contributed by atoms with Crippen LogP contribution in [0.25, 0.3) is 6.08 Å². The Morgan fingerprint density at radius 1 is 1.39 bits per heavy atom. The molecule has 6 nitrogen and oxygen atoms in total. The standard InChI is InChI=1S/C15H13BrN2O4S/c1-3-21-11-7-9(6-10(16)13(11)22-5-4-17)8-12-14(19)18(2)15(20)23-12/h6-8H,3,5H2,1-2H3/b12-8-. The average Bonchev–Trinajstić information content (AvgIpc) is 2.74. The summed E-state index contributed by atoms with van der Waals surface area (Å²) in [5, 5.41) is 8.34. The van der Waals surface area contributed by atoms with Gasteiger partial charge in [0.2, 0.25) is 0 Å². The maximum absolute atomic E-state index is 11.9. The Morgan fingerprint density at radius 3 is 2.70 bits per heavy atom. The van der Waals surface area contributed by atoms with Crippen LogP contribution in [0.1, 0.15) is 12.5 Å². The SMILES string of the molecule is CCOc1cc(/C=C2\SC(=O)N(C)C2=O)cc(Br)c1OCC#N. The second-order valence-electron chi connectivity index (χ2n) is 4.45. The molecule has 2 rings (SSSR count). The molecule has 0 aliphatic carbocycles. The number of thioether (sulfide) groups is 1. The van der Waals surface area contributed by atoms with Gasteiger partial charge in [-0.05, 0) is 58.4 Å². The zero-order valence-electron chi connectivity index (χ0n) is 12.5. The lowest BCUT2D eigenvalue weighted by Crippen LogP contribution is -2.22. The lowest BCUT2D eigenvalue weighted by Gasteiger charge is -2.13. The normalized spacial score (nSPS) is 15.9. The van der Waals surface area contributed by atoms with Crippen molar-refractivity contribution in [2.24, 2.45) is 0 Å². The Hall–Kier alpha value is -1.98. The number of likely N-dealkylation sites (N-methyl/N-ethyl adjacent to an activating group) is 1. The van der Waals surface area contributed by atoms with Gasteiger partial charge in [0, 0.05) is 7.05 Å². The Morgan fingerprint density at radius 2 is 2.13 bits per heavy atom. The molecule has 0 unspecified atom stereocenters. The molecule has 1 aliphatic rings. The molecule has 0 saturated carbocycles. The molecule has 0 aromatic heterocycles. The lowest BCUT2D eigenvalue weighted by atomic mass is 10.2. The predicted molar refractivity (Wildman–Crippen MR) is 90.2 cm³/mol. The monoisotopic (exact) mass is 396 g/mol. The van der Waals surface area contributed by atoms with Crippen molar-refractivity contribution in [3.05, 3.63) is 27.1 Å². The van der Waals surface area contributed by atoms with E-state index < -0.39 is 0 Å². The molecular formula is C15H13BrN2O4S. The second-order valence-corrected chi connectivity index (χ2v) is 6.30. The maximum Gasteiger partial charge on any atom is 0.293 e. The van der Waals surface area contributed by atoms with Crippen LogP contribution in [0.2, 0.25) is 0 Å². The molecule has 0 spiro atoms. The number of amides is 2. The van der Waals surface area contributed by atoms with Gasteiger partial charge in [-0.15, -0.1) is 0 Å². The van der Waals surface area contributed by atoms with Gasteiger partial charge in [0.15, 0.2) is 18.1 Å². The number of rotatable bonds is 5. The highest BCUT2D eigenvalue weighted by atomic mass is 79.9. The van der Waals surface area contributed by atoms with Crippen LogP contribution >= 0.6 is 27.7 Å². The molecule has 1 aliphatic heterocycles. The molecule has 1 aromatic rings. The van der Waals surface area contributed by atoms with Crippen molar-refractivity contribution in [2.45, 2.75) is 6.92 Å². The molecule has 0 atom stereocenters. The summed E-state index contributed by atoms with van der Waals surface area (Å²) in [7, 11) is 1.44. The summed E-state index contributed by atoms with van der Waals surface area (Å²) in [6, 6.07) is 5.33. The number of hydrogen-bond donors (Lipinski definition) is 0. The van der Waals surface area contributed by atoms with Gasteiger partial charge >= 0.3 is 0 Å². The summed E-state index contributed by atoms with van der Waals surface area (Å²) in [4.78, 5) is 24.9. The molecule has 1 aromatic carbocycles. The first-order valence-corrected chi connectivity index (χ1v) is 8.26. The summed E-state index contributed by atoms with van der Waals surface area (Å²) in [5.74, 6) is 0.548. The van der Waals surface area contributed by atoms with E-state index >= 15 is 0 Å². The molecular weight excluding hydrogens is 384 g/mol. The van der Waals surface area contributed by atoms with Crippen LogP contribution in [-0.4, -0.2) is 36.3 Å². The van der Waals surface area contributed by atoms with Gasteiger partial charge in [-0.25, -0.2) is 0 Å². The molecule has 8 heteroatoms. The summed E-state index contributed by atoms with van der Waals surface area (Å²) in [6.07, 6.45) is 1.62. The number of imide groups is 1. The molecule has 0 N–H and O–H groups in total. The topological polar surface area (TPSA) is 79.6 Å². The fraction of sp³-hybridized carbons (Fsp3) is 0.267. The molecule has 1 saturated heterocycles. The van der Waals surface area contributed by atoms with E-state index in [2.05, 4.69) is 15.9 Å². The molecule has 120 valence electrons. The van der Waals surface area contributed by atoms with Crippen LogP contribution in [0.15, 0.2) is 21.5 Å². The van der Waals surface area contributed by atoms with Gasteiger partial charge in [0.05, 0.1) is 16.0 Å². The number of halogens is 1. The quantitative estimate of drug-likeness (QED) is 0.709. The van der Waals surface area contributed by atoms with Gasteiger partial charge in [-0.1, -0.05) is 0 Å². The van der Waals surface area contributed by atoms with Crippen molar-refractivity contribution in [1.29, 1.82) is 5.26 Å². The minimum atomic E-state index is -0.334. The number of ether oxygens (including phenoxy) is 2. The first-order chi connectivity index (χ1) is 11.0. The van der Waals surface area contributed by atoms with Crippen molar-refractivity contribution in [3.8, 4) is 17.6 Å². The van der Waals surface area contributed by atoms with E-state index in [4.69, 9.17) is 14.7 Å². The smallest absolute Gasteiger partial charge is 0.293 e. The van der Waals surface area contributed by atoms with Crippen LogP contribution in [0.4, 0.5) is 4.79 Å². The zero-order valence-corrected chi connectivity index (χ0v) is 14.9. The van der Waals surface area contributed by atoms with Crippen molar-refractivity contribution < 1.29 is 19.1 Å². The van der Waals surface area contributed by atoms with Crippen LogP contribution in [0.5, 0.6) is 11.5 Å². The number of carbonyl (C=O) groups excluding carboxylic acids is 2. The van der Waals surface area contributed by atoms with E-state index in [1.54, 1.807) is 18.2 Å². The molecule has 0 bridgehead atoms. The van der Waals surface area contributed by atoms with Crippen LogP contribution in [0.3, 0.4) is 0 Å².